The highest BCUT2D eigenvalue weighted by atomic mass is 79.9. The molecule has 0 aliphatic heterocycles. The lowest BCUT2D eigenvalue weighted by Crippen LogP contribution is -2.23. The number of halogens is 1. The van der Waals surface area contributed by atoms with E-state index in [1.807, 2.05) is 24.3 Å². The second kappa shape index (κ2) is 8.48. The Kier molecular flexibility index (Phi) is 5.75. The maximum atomic E-state index is 12.9. The van der Waals surface area contributed by atoms with Crippen LogP contribution < -0.4 is 24.3 Å². The molecule has 0 atom stereocenters. The van der Waals surface area contributed by atoms with Crippen LogP contribution >= 0.6 is 27.3 Å². The molecular weight excluding hydrogens is 486 g/mol. The van der Waals surface area contributed by atoms with Crippen molar-refractivity contribution < 1.29 is 19.0 Å². The van der Waals surface area contributed by atoms with Crippen LogP contribution in [-0.2, 0) is 4.79 Å². The molecule has 0 spiro atoms. The maximum Gasteiger partial charge on any atom is 0.308 e. The molecule has 0 bridgehead atoms. The molecule has 8 nitrogen and oxygen atoms in total. The molecule has 0 aliphatic carbocycles. The molecule has 0 saturated carbocycles. The Hall–Kier alpha value is -3.24. The summed E-state index contributed by atoms with van der Waals surface area (Å²) >= 11 is 4.60. The molecule has 2 aromatic heterocycles. The van der Waals surface area contributed by atoms with Crippen LogP contribution in [0.25, 0.3) is 22.4 Å². The first-order chi connectivity index (χ1) is 14.9. The van der Waals surface area contributed by atoms with Gasteiger partial charge < -0.3 is 14.2 Å². The largest absolute Gasteiger partial charge is 0.496 e. The molecule has 0 fully saturated rings. The summed E-state index contributed by atoms with van der Waals surface area (Å²) in [4.78, 5) is 29.2. The third kappa shape index (κ3) is 4.04. The first-order valence-corrected chi connectivity index (χ1v) is 10.6. The highest BCUT2D eigenvalue weighted by Crippen LogP contribution is 2.37. The fourth-order valence-corrected chi connectivity index (χ4v) is 4.44. The van der Waals surface area contributed by atoms with Crippen LogP contribution in [0.15, 0.2) is 45.7 Å². The molecule has 158 valence electrons. The standard InChI is InChI=1S/C21H16BrN3O5S/c1-11(26)30-18-14(22)8-12(9-16(18)29-3)10-17-20(27)25-21(31-17)23-19(24-25)13-6-4-5-7-15(13)28-2/h4-10H,1-3H3/b17-10-. The van der Waals surface area contributed by atoms with E-state index in [0.717, 1.165) is 0 Å². The second-order valence-electron chi connectivity index (χ2n) is 6.37. The summed E-state index contributed by atoms with van der Waals surface area (Å²) in [6.07, 6.45) is 1.71. The number of nitrogens with zero attached hydrogens (tertiary/aromatic N) is 3. The minimum atomic E-state index is -0.464. The van der Waals surface area contributed by atoms with Gasteiger partial charge in [0.15, 0.2) is 17.3 Å². The Bertz CT molecular complexity index is 1410. The summed E-state index contributed by atoms with van der Waals surface area (Å²) in [5.74, 6) is 1.22. The van der Waals surface area contributed by atoms with Gasteiger partial charge in [0.05, 0.1) is 28.8 Å². The number of benzene rings is 2. The molecule has 0 amide bonds. The van der Waals surface area contributed by atoms with Crippen molar-refractivity contribution in [3.63, 3.8) is 0 Å². The van der Waals surface area contributed by atoms with Gasteiger partial charge in [-0.3, -0.25) is 9.59 Å². The van der Waals surface area contributed by atoms with Gasteiger partial charge in [0.25, 0.3) is 5.56 Å². The number of carbonyl (C=O) groups excluding carboxylic acids is 1. The predicted octanol–water partition coefficient (Wildman–Crippen LogP) is 3.07. The van der Waals surface area contributed by atoms with Gasteiger partial charge in [0, 0.05) is 6.92 Å². The van der Waals surface area contributed by atoms with E-state index in [1.54, 1.807) is 25.3 Å². The van der Waals surface area contributed by atoms with Crippen molar-refractivity contribution in [2.45, 2.75) is 6.92 Å². The number of para-hydroxylation sites is 1. The second-order valence-corrected chi connectivity index (χ2v) is 8.24. The first kappa shape index (κ1) is 21.0. The lowest BCUT2D eigenvalue weighted by molar-refractivity contribution is -0.132. The summed E-state index contributed by atoms with van der Waals surface area (Å²) in [5, 5.41) is 4.36. The molecule has 0 N–H and O–H groups in total. The van der Waals surface area contributed by atoms with E-state index in [4.69, 9.17) is 14.2 Å². The Balaban J connectivity index is 1.78. The fraction of sp³-hybridized carbons (Fsp3) is 0.143. The number of methoxy groups -OCH3 is 2. The van der Waals surface area contributed by atoms with E-state index in [-0.39, 0.29) is 11.3 Å². The lowest BCUT2D eigenvalue weighted by Gasteiger charge is -2.10. The van der Waals surface area contributed by atoms with Gasteiger partial charge in [0.2, 0.25) is 4.96 Å². The van der Waals surface area contributed by atoms with Crippen molar-refractivity contribution in [1.82, 2.24) is 14.6 Å². The van der Waals surface area contributed by atoms with E-state index >= 15 is 0 Å². The van der Waals surface area contributed by atoms with E-state index in [9.17, 15) is 9.59 Å². The van der Waals surface area contributed by atoms with Gasteiger partial charge in [-0.05, 0) is 51.8 Å². The van der Waals surface area contributed by atoms with Crippen molar-refractivity contribution in [2.75, 3.05) is 14.2 Å². The van der Waals surface area contributed by atoms with Gasteiger partial charge >= 0.3 is 5.97 Å². The molecule has 0 saturated heterocycles. The van der Waals surface area contributed by atoms with E-state index in [2.05, 4.69) is 26.0 Å². The number of carbonyl (C=O) groups is 1. The van der Waals surface area contributed by atoms with Gasteiger partial charge in [-0.25, -0.2) is 0 Å². The molecule has 0 radical (unpaired) electrons. The third-order valence-electron chi connectivity index (χ3n) is 4.33. The van der Waals surface area contributed by atoms with Crippen LogP contribution in [0.5, 0.6) is 17.2 Å². The zero-order valence-electron chi connectivity index (χ0n) is 16.7. The van der Waals surface area contributed by atoms with Gasteiger partial charge in [0.1, 0.15) is 5.75 Å². The maximum absolute atomic E-state index is 12.9. The number of ether oxygens (including phenoxy) is 3. The Morgan fingerprint density at radius 3 is 2.58 bits per heavy atom. The Morgan fingerprint density at radius 2 is 1.90 bits per heavy atom. The SMILES string of the molecule is COc1ccccc1-c1nc2s/c(=C\c3cc(Br)c(OC(C)=O)c(OC)c3)c(=O)n2n1. The Labute approximate surface area is 188 Å². The molecule has 31 heavy (non-hydrogen) atoms. The number of hydrogen-bond acceptors (Lipinski definition) is 8. The molecule has 4 rings (SSSR count). The van der Waals surface area contributed by atoms with Crippen molar-refractivity contribution in [1.29, 1.82) is 0 Å². The molecule has 10 heteroatoms. The van der Waals surface area contributed by atoms with E-state index in [0.29, 0.717) is 42.4 Å². The van der Waals surface area contributed by atoms with Crippen LogP contribution in [0.3, 0.4) is 0 Å². The first-order valence-electron chi connectivity index (χ1n) is 9.02. The van der Waals surface area contributed by atoms with Crippen LogP contribution in [0, 0.1) is 0 Å². The summed E-state index contributed by atoms with van der Waals surface area (Å²) in [6.45, 7) is 1.31. The van der Waals surface area contributed by atoms with Gasteiger partial charge in [-0.2, -0.15) is 9.50 Å². The van der Waals surface area contributed by atoms with Crippen molar-refractivity contribution in [2.24, 2.45) is 0 Å². The highest BCUT2D eigenvalue weighted by molar-refractivity contribution is 9.10. The molecule has 4 aromatic rings. The van der Waals surface area contributed by atoms with Crippen LogP contribution in [0.2, 0.25) is 0 Å². The number of aromatic nitrogens is 3. The van der Waals surface area contributed by atoms with Crippen LogP contribution in [-0.4, -0.2) is 34.8 Å². The monoisotopic (exact) mass is 501 g/mol. The van der Waals surface area contributed by atoms with Crippen LogP contribution in [0.1, 0.15) is 12.5 Å². The van der Waals surface area contributed by atoms with Crippen molar-refractivity contribution >= 4 is 44.3 Å². The van der Waals surface area contributed by atoms with Gasteiger partial charge in [-0.1, -0.05) is 23.5 Å². The summed E-state index contributed by atoms with van der Waals surface area (Å²) in [5.41, 5.74) is 1.11. The minimum Gasteiger partial charge on any atom is -0.496 e. The zero-order chi connectivity index (χ0) is 22.1. The molecule has 2 heterocycles. The third-order valence-corrected chi connectivity index (χ3v) is 5.87. The average Bonchev–Trinajstić information content (AvgIpc) is 3.29. The normalized spacial score (nSPS) is 11.7. The zero-order valence-corrected chi connectivity index (χ0v) is 19.1. The van der Waals surface area contributed by atoms with Crippen LogP contribution in [0.4, 0.5) is 0 Å². The number of fused-ring (bicyclic) bond motifs is 1. The van der Waals surface area contributed by atoms with Crippen molar-refractivity contribution in [3.8, 4) is 28.6 Å². The topological polar surface area (TPSA) is 92.0 Å². The quantitative estimate of drug-likeness (QED) is 0.306. The van der Waals surface area contributed by atoms with Crippen molar-refractivity contribution in [3.05, 3.63) is 61.3 Å². The Morgan fingerprint density at radius 1 is 1.16 bits per heavy atom. The average molecular weight is 502 g/mol. The molecule has 2 aromatic carbocycles. The number of rotatable bonds is 5. The van der Waals surface area contributed by atoms with Gasteiger partial charge in [-0.15, -0.1) is 5.10 Å². The number of esters is 1. The number of thiazole rings is 1. The number of hydrogen-bond donors (Lipinski definition) is 0. The van der Waals surface area contributed by atoms with E-state index in [1.165, 1.54) is 29.9 Å². The summed E-state index contributed by atoms with van der Waals surface area (Å²) < 4.78 is 18.1. The molecular formula is C21H16BrN3O5S. The summed E-state index contributed by atoms with van der Waals surface area (Å²) in [7, 11) is 3.04. The predicted molar refractivity (Wildman–Crippen MR) is 120 cm³/mol. The lowest BCUT2D eigenvalue weighted by atomic mass is 10.2. The fourth-order valence-electron chi connectivity index (χ4n) is 2.99. The summed E-state index contributed by atoms with van der Waals surface area (Å²) in [6, 6.07) is 10.8. The smallest absolute Gasteiger partial charge is 0.308 e. The molecule has 0 unspecified atom stereocenters. The minimum absolute atomic E-state index is 0.276. The van der Waals surface area contributed by atoms with E-state index < -0.39 is 5.97 Å². The molecule has 0 aliphatic rings. The highest BCUT2D eigenvalue weighted by Gasteiger charge is 2.16.